The standard InChI is InChI=1S/C24H27N3O3/c1-14-9-15(2)23(16(3)10-14)25-22-13-19-18-12-21(30-6)20(29-5)11-17(18)7-8-27(19)24(28)26(22)4/h9-13H,7-8H2,1-6H3/b25-22-. The van der Waals surface area contributed by atoms with Crippen LogP contribution in [-0.4, -0.2) is 23.4 Å². The van der Waals surface area contributed by atoms with Crippen molar-refractivity contribution in [2.75, 3.05) is 14.2 Å². The van der Waals surface area contributed by atoms with Crippen molar-refractivity contribution < 1.29 is 9.47 Å². The van der Waals surface area contributed by atoms with Crippen LogP contribution in [0.15, 0.2) is 40.1 Å². The smallest absolute Gasteiger partial charge is 0.329 e. The maximum Gasteiger partial charge on any atom is 0.329 e. The third-order valence-corrected chi connectivity index (χ3v) is 5.77. The zero-order valence-corrected chi connectivity index (χ0v) is 18.4. The molecule has 1 aromatic heterocycles. The summed E-state index contributed by atoms with van der Waals surface area (Å²) in [5.74, 6) is 1.35. The monoisotopic (exact) mass is 405 g/mol. The van der Waals surface area contributed by atoms with Gasteiger partial charge in [-0.3, -0.25) is 9.13 Å². The van der Waals surface area contributed by atoms with Gasteiger partial charge in [-0.1, -0.05) is 17.7 Å². The minimum absolute atomic E-state index is 0.0749. The van der Waals surface area contributed by atoms with Gasteiger partial charge in [0.1, 0.15) is 5.49 Å². The first-order valence-electron chi connectivity index (χ1n) is 10.0. The molecule has 0 saturated heterocycles. The highest BCUT2D eigenvalue weighted by Gasteiger charge is 2.21. The van der Waals surface area contributed by atoms with Crippen LogP contribution < -0.4 is 20.7 Å². The molecule has 0 atom stereocenters. The van der Waals surface area contributed by atoms with Crippen molar-refractivity contribution in [2.45, 2.75) is 33.7 Å². The first kappa shape index (κ1) is 20.0. The van der Waals surface area contributed by atoms with E-state index in [2.05, 4.69) is 32.9 Å². The van der Waals surface area contributed by atoms with E-state index >= 15 is 0 Å². The number of hydrogen-bond acceptors (Lipinski definition) is 4. The number of nitrogens with zero attached hydrogens (tertiary/aromatic N) is 3. The third kappa shape index (κ3) is 3.22. The van der Waals surface area contributed by atoms with Crippen molar-refractivity contribution in [3.8, 4) is 22.8 Å². The van der Waals surface area contributed by atoms with Crippen LogP contribution in [0.25, 0.3) is 11.3 Å². The molecule has 4 rings (SSSR count). The van der Waals surface area contributed by atoms with E-state index < -0.39 is 0 Å². The molecule has 3 aromatic rings. The van der Waals surface area contributed by atoms with Gasteiger partial charge in [0.15, 0.2) is 11.5 Å². The Balaban J connectivity index is 2.00. The van der Waals surface area contributed by atoms with Gasteiger partial charge < -0.3 is 9.47 Å². The van der Waals surface area contributed by atoms with Crippen LogP contribution in [-0.2, 0) is 20.0 Å². The summed E-state index contributed by atoms with van der Waals surface area (Å²) in [6.45, 7) is 6.80. The highest BCUT2D eigenvalue weighted by atomic mass is 16.5. The number of methoxy groups -OCH3 is 2. The summed E-state index contributed by atoms with van der Waals surface area (Å²) in [4.78, 5) is 18.0. The lowest BCUT2D eigenvalue weighted by Crippen LogP contribution is -2.40. The van der Waals surface area contributed by atoms with Crippen LogP contribution in [0.3, 0.4) is 0 Å². The summed E-state index contributed by atoms with van der Waals surface area (Å²) < 4.78 is 14.4. The van der Waals surface area contributed by atoms with Crippen LogP contribution in [0.1, 0.15) is 22.3 Å². The molecular formula is C24H27N3O3. The van der Waals surface area contributed by atoms with Crippen molar-refractivity contribution in [1.29, 1.82) is 0 Å². The number of aromatic nitrogens is 2. The van der Waals surface area contributed by atoms with Gasteiger partial charge in [0.05, 0.1) is 25.6 Å². The Bertz CT molecular complexity index is 1260. The Kier molecular flexibility index (Phi) is 5.02. The predicted octanol–water partition coefficient (Wildman–Crippen LogP) is 3.58. The molecule has 0 fully saturated rings. The molecule has 1 aliphatic heterocycles. The minimum Gasteiger partial charge on any atom is -0.493 e. The second-order valence-corrected chi connectivity index (χ2v) is 7.85. The van der Waals surface area contributed by atoms with Crippen molar-refractivity contribution in [3.05, 3.63) is 68.6 Å². The van der Waals surface area contributed by atoms with Crippen LogP contribution in [0.2, 0.25) is 0 Å². The van der Waals surface area contributed by atoms with Gasteiger partial charge >= 0.3 is 5.69 Å². The summed E-state index contributed by atoms with van der Waals surface area (Å²) in [7, 11) is 5.03. The second-order valence-electron chi connectivity index (χ2n) is 7.85. The molecule has 0 saturated carbocycles. The zero-order chi connectivity index (χ0) is 21.6. The maximum absolute atomic E-state index is 13.1. The molecule has 2 heterocycles. The Morgan fingerprint density at radius 2 is 1.57 bits per heavy atom. The molecule has 0 unspecified atom stereocenters. The predicted molar refractivity (Wildman–Crippen MR) is 118 cm³/mol. The van der Waals surface area contributed by atoms with Gasteiger partial charge in [0.25, 0.3) is 0 Å². The fourth-order valence-electron chi connectivity index (χ4n) is 4.29. The number of ether oxygens (including phenoxy) is 2. The lowest BCUT2D eigenvalue weighted by Gasteiger charge is -2.24. The van der Waals surface area contributed by atoms with Gasteiger partial charge in [-0.2, -0.15) is 0 Å². The molecule has 156 valence electrons. The molecule has 0 spiro atoms. The lowest BCUT2D eigenvalue weighted by molar-refractivity contribution is 0.354. The molecule has 0 bridgehead atoms. The summed E-state index contributed by atoms with van der Waals surface area (Å²) in [5, 5.41) is 0. The summed E-state index contributed by atoms with van der Waals surface area (Å²) in [6.07, 6.45) is 0.759. The largest absolute Gasteiger partial charge is 0.493 e. The molecule has 0 N–H and O–H groups in total. The van der Waals surface area contributed by atoms with E-state index in [0.29, 0.717) is 23.5 Å². The molecule has 6 heteroatoms. The highest BCUT2D eigenvalue weighted by Crippen LogP contribution is 2.37. The van der Waals surface area contributed by atoms with Gasteiger partial charge in [0.2, 0.25) is 0 Å². The average molecular weight is 405 g/mol. The lowest BCUT2D eigenvalue weighted by atomic mass is 9.97. The SMILES string of the molecule is COc1cc2c(cc1OC)-c1c/c(=N/c3c(C)cc(C)cc3C)n(C)c(=O)n1CC2. The van der Waals surface area contributed by atoms with Gasteiger partial charge in [-0.25, -0.2) is 9.79 Å². The van der Waals surface area contributed by atoms with Crippen LogP contribution in [0.4, 0.5) is 5.69 Å². The minimum atomic E-state index is -0.0749. The van der Waals surface area contributed by atoms with Crippen LogP contribution in [0.5, 0.6) is 11.5 Å². The van der Waals surface area contributed by atoms with Crippen molar-refractivity contribution >= 4 is 5.69 Å². The fourth-order valence-corrected chi connectivity index (χ4v) is 4.29. The van der Waals surface area contributed by atoms with Crippen molar-refractivity contribution in [1.82, 2.24) is 9.13 Å². The fraction of sp³-hybridized carbons (Fsp3) is 0.333. The summed E-state index contributed by atoms with van der Waals surface area (Å²) >= 11 is 0. The number of aryl methyl sites for hydroxylation is 4. The Hall–Kier alpha value is -3.28. The van der Waals surface area contributed by atoms with Crippen molar-refractivity contribution in [3.63, 3.8) is 0 Å². The van der Waals surface area contributed by atoms with E-state index in [1.165, 1.54) is 5.56 Å². The highest BCUT2D eigenvalue weighted by molar-refractivity contribution is 5.70. The molecule has 0 radical (unpaired) electrons. The number of rotatable bonds is 3. The van der Waals surface area contributed by atoms with E-state index in [1.54, 1.807) is 25.8 Å². The summed E-state index contributed by atoms with van der Waals surface area (Å²) in [6, 6.07) is 10.2. The zero-order valence-electron chi connectivity index (χ0n) is 18.4. The normalized spacial score (nSPS) is 13.1. The van der Waals surface area contributed by atoms with E-state index in [1.807, 2.05) is 22.8 Å². The Morgan fingerprint density at radius 3 is 2.20 bits per heavy atom. The number of benzene rings is 2. The average Bonchev–Trinajstić information content (AvgIpc) is 2.72. The van der Waals surface area contributed by atoms with E-state index in [-0.39, 0.29) is 5.69 Å². The van der Waals surface area contributed by atoms with Crippen LogP contribution in [0, 0.1) is 20.8 Å². The Morgan fingerprint density at radius 1 is 0.933 bits per heavy atom. The summed E-state index contributed by atoms with van der Waals surface area (Å²) in [5.41, 5.74) is 7.81. The number of fused-ring (bicyclic) bond motifs is 3. The van der Waals surface area contributed by atoms with Gasteiger partial charge in [-0.05, 0) is 56.0 Å². The maximum atomic E-state index is 13.1. The molecule has 6 nitrogen and oxygen atoms in total. The van der Waals surface area contributed by atoms with E-state index in [9.17, 15) is 4.79 Å². The molecule has 0 aliphatic carbocycles. The van der Waals surface area contributed by atoms with Crippen molar-refractivity contribution in [2.24, 2.45) is 12.0 Å². The van der Waals surface area contributed by atoms with E-state index in [0.717, 1.165) is 40.1 Å². The van der Waals surface area contributed by atoms with E-state index in [4.69, 9.17) is 14.5 Å². The number of hydrogen-bond donors (Lipinski definition) is 0. The second kappa shape index (κ2) is 7.52. The van der Waals surface area contributed by atoms with Crippen LogP contribution >= 0.6 is 0 Å². The first-order valence-corrected chi connectivity index (χ1v) is 10.0. The third-order valence-electron chi connectivity index (χ3n) is 5.77. The van der Waals surface area contributed by atoms with Gasteiger partial charge in [-0.15, -0.1) is 0 Å². The molecule has 30 heavy (non-hydrogen) atoms. The Labute approximate surface area is 176 Å². The van der Waals surface area contributed by atoms with Gasteiger partial charge in [0, 0.05) is 25.2 Å². The molecular weight excluding hydrogens is 378 g/mol. The quantitative estimate of drug-likeness (QED) is 0.669. The molecule has 2 aromatic carbocycles. The molecule has 0 amide bonds. The topological polar surface area (TPSA) is 57.8 Å². The first-order chi connectivity index (χ1) is 14.3. The molecule has 1 aliphatic rings.